The Kier molecular flexibility index (Phi) is 4.35. The molecule has 1 aliphatic rings. The number of amides is 1. The van der Waals surface area contributed by atoms with Gasteiger partial charge in [-0.3, -0.25) is 4.79 Å². The van der Waals surface area contributed by atoms with Crippen molar-refractivity contribution in [2.24, 2.45) is 0 Å². The third-order valence-corrected chi connectivity index (χ3v) is 5.24. The summed E-state index contributed by atoms with van der Waals surface area (Å²) in [4.78, 5) is 20.2. The lowest BCUT2D eigenvalue weighted by atomic mass is 10.0. The third kappa shape index (κ3) is 3.51. The molecule has 29 heavy (non-hydrogen) atoms. The number of carbonyl (C=O) groups excluding carboxylic acids is 1. The monoisotopic (exact) mass is 386 g/mol. The summed E-state index contributed by atoms with van der Waals surface area (Å²) in [5.74, 6) is 0.428. The molecule has 1 saturated carbocycles. The lowest BCUT2D eigenvalue weighted by molar-refractivity contribution is 0.0719. The van der Waals surface area contributed by atoms with E-state index in [1.807, 2.05) is 47.4 Å². The Balaban J connectivity index is 1.60. The third-order valence-electron chi connectivity index (χ3n) is 5.24. The van der Waals surface area contributed by atoms with E-state index in [1.165, 1.54) is 12.1 Å². The average molecular weight is 386 g/mol. The van der Waals surface area contributed by atoms with Crippen LogP contribution in [0.2, 0.25) is 0 Å². The quantitative estimate of drug-likeness (QED) is 0.459. The molecule has 2 heterocycles. The second kappa shape index (κ2) is 7.17. The van der Waals surface area contributed by atoms with Crippen LogP contribution in [0.5, 0.6) is 0 Å². The summed E-state index contributed by atoms with van der Waals surface area (Å²) in [6.45, 7) is 0.443. The average Bonchev–Trinajstić information content (AvgIpc) is 3.46. The van der Waals surface area contributed by atoms with Crippen LogP contribution < -0.4 is 0 Å². The van der Waals surface area contributed by atoms with Gasteiger partial charge in [0.25, 0.3) is 5.91 Å². The molecule has 1 fully saturated rings. The molecular weight excluding hydrogens is 367 g/mol. The molecule has 0 aliphatic heterocycles. The smallest absolute Gasteiger partial charge is 0.255 e. The van der Waals surface area contributed by atoms with Crippen molar-refractivity contribution in [1.29, 1.82) is 0 Å². The SMILES string of the molecule is O=C(c1cc(-c2ccc(F)cc2)nc2ccccc12)N(Cc1ccco1)C1CC1. The van der Waals surface area contributed by atoms with E-state index in [2.05, 4.69) is 0 Å². The Morgan fingerprint density at radius 2 is 1.86 bits per heavy atom. The van der Waals surface area contributed by atoms with Gasteiger partial charge in [-0.25, -0.2) is 9.37 Å². The van der Waals surface area contributed by atoms with E-state index in [4.69, 9.17) is 9.40 Å². The molecule has 4 nitrogen and oxygen atoms in total. The molecule has 0 N–H and O–H groups in total. The van der Waals surface area contributed by atoms with Crippen LogP contribution in [0, 0.1) is 5.82 Å². The van der Waals surface area contributed by atoms with Crippen molar-refractivity contribution in [3.8, 4) is 11.3 Å². The van der Waals surface area contributed by atoms with Crippen molar-refractivity contribution < 1.29 is 13.6 Å². The molecule has 0 saturated heterocycles. The van der Waals surface area contributed by atoms with Crippen molar-refractivity contribution >= 4 is 16.8 Å². The number of hydrogen-bond acceptors (Lipinski definition) is 3. The number of aromatic nitrogens is 1. The topological polar surface area (TPSA) is 46.3 Å². The van der Waals surface area contributed by atoms with Crippen LogP contribution in [-0.4, -0.2) is 21.8 Å². The van der Waals surface area contributed by atoms with Gasteiger partial charge in [-0.2, -0.15) is 0 Å². The van der Waals surface area contributed by atoms with Gasteiger partial charge < -0.3 is 9.32 Å². The van der Waals surface area contributed by atoms with Gasteiger partial charge in [0.1, 0.15) is 11.6 Å². The standard InChI is InChI=1S/C24H19FN2O2/c25-17-9-7-16(8-10-17)23-14-21(20-5-1-2-6-22(20)26-23)24(28)27(18-11-12-18)15-19-4-3-13-29-19/h1-10,13-14,18H,11-12,15H2. The van der Waals surface area contributed by atoms with Crippen molar-refractivity contribution in [1.82, 2.24) is 9.88 Å². The predicted molar refractivity (Wildman–Crippen MR) is 109 cm³/mol. The van der Waals surface area contributed by atoms with Crippen molar-refractivity contribution in [2.75, 3.05) is 0 Å². The lowest BCUT2D eigenvalue weighted by Gasteiger charge is -2.22. The van der Waals surface area contributed by atoms with Crippen LogP contribution in [0.4, 0.5) is 4.39 Å². The van der Waals surface area contributed by atoms with E-state index < -0.39 is 0 Å². The lowest BCUT2D eigenvalue weighted by Crippen LogP contribution is -2.32. The van der Waals surface area contributed by atoms with Gasteiger partial charge >= 0.3 is 0 Å². The molecule has 5 rings (SSSR count). The summed E-state index contributed by atoms with van der Waals surface area (Å²) < 4.78 is 18.8. The summed E-state index contributed by atoms with van der Waals surface area (Å²) in [6, 6.07) is 19.6. The van der Waals surface area contributed by atoms with Crippen molar-refractivity contribution in [3.05, 3.63) is 90.1 Å². The summed E-state index contributed by atoms with van der Waals surface area (Å²) in [6.07, 6.45) is 3.62. The molecule has 0 radical (unpaired) electrons. The number of furan rings is 1. The largest absolute Gasteiger partial charge is 0.467 e. The Hall–Kier alpha value is -3.47. The normalized spacial score (nSPS) is 13.6. The first-order valence-electron chi connectivity index (χ1n) is 9.68. The summed E-state index contributed by atoms with van der Waals surface area (Å²) in [5.41, 5.74) is 2.77. The highest BCUT2D eigenvalue weighted by molar-refractivity contribution is 6.07. The molecule has 0 unspecified atom stereocenters. The number of para-hydroxylation sites is 1. The number of rotatable bonds is 5. The number of nitrogens with zero attached hydrogens (tertiary/aromatic N) is 2. The van der Waals surface area contributed by atoms with E-state index in [9.17, 15) is 9.18 Å². The van der Waals surface area contributed by atoms with E-state index in [0.29, 0.717) is 17.8 Å². The van der Waals surface area contributed by atoms with Crippen LogP contribution in [0.1, 0.15) is 29.0 Å². The minimum atomic E-state index is -0.302. The molecule has 5 heteroatoms. The molecule has 0 bridgehead atoms. The molecule has 2 aromatic carbocycles. The summed E-state index contributed by atoms with van der Waals surface area (Å²) in [7, 11) is 0. The molecule has 1 aliphatic carbocycles. The second-order valence-electron chi connectivity index (χ2n) is 7.32. The zero-order valence-corrected chi connectivity index (χ0v) is 15.7. The highest BCUT2D eigenvalue weighted by Crippen LogP contribution is 2.32. The minimum absolute atomic E-state index is 0.0362. The number of benzene rings is 2. The molecule has 1 amide bonds. The van der Waals surface area contributed by atoms with Crippen molar-refractivity contribution in [2.45, 2.75) is 25.4 Å². The van der Waals surface area contributed by atoms with Crippen LogP contribution in [-0.2, 0) is 6.54 Å². The number of halogens is 1. The zero-order valence-electron chi connectivity index (χ0n) is 15.7. The van der Waals surface area contributed by atoms with Gasteiger partial charge in [0, 0.05) is 17.0 Å². The van der Waals surface area contributed by atoms with Crippen LogP contribution >= 0.6 is 0 Å². The van der Waals surface area contributed by atoms with E-state index in [1.54, 1.807) is 18.4 Å². The fourth-order valence-electron chi connectivity index (χ4n) is 3.60. The first kappa shape index (κ1) is 17.6. The Morgan fingerprint density at radius 1 is 1.07 bits per heavy atom. The Bertz CT molecular complexity index is 1170. The zero-order chi connectivity index (χ0) is 19.8. The first-order chi connectivity index (χ1) is 14.2. The first-order valence-corrected chi connectivity index (χ1v) is 9.68. The van der Waals surface area contributed by atoms with Gasteiger partial charge in [0.15, 0.2) is 0 Å². The molecular formula is C24H19FN2O2. The summed E-state index contributed by atoms with van der Waals surface area (Å²) >= 11 is 0. The van der Waals surface area contributed by atoms with Crippen LogP contribution in [0.15, 0.2) is 77.4 Å². The minimum Gasteiger partial charge on any atom is -0.467 e. The maximum Gasteiger partial charge on any atom is 0.255 e. The molecule has 2 aromatic heterocycles. The highest BCUT2D eigenvalue weighted by atomic mass is 19.1. The maximum atomic E-state index is 13.6. The van der Waals surface area contributed by atoms with E-state index >= 15 is 0 Å². The predicted octanol–water partition coefficient (Wildman–Crippen LogP) is 5.44. The molecule has 0 atom stereocenters. The van der Waals surface area contributed by atoms with Gasteiger partial charge in [0.2, 0.25) is 0 Å². The molecule has 4 aromatic rings. The summed E-state index contributed by atoms with van der Waals surface area (Å²) in [5, 5.41) is 0.813. The molecule has 0 spiro atoms. The fourth-order valence-corrected chi connectivity index (χ4v) is 3.60. The van der Waals surface area contributed by atoms with Crippen LogP contribution in [0.3, 0.4) is 0 Å². The van der Waals surface area contributed by atoms with Crippen LogP contribution in [0.25, 0.3) is 22.2 Å². The second-order valence-corrected chi connectivity index (χ2v) is 7.32. The highest BCUT2D eigenvalue weighted by Gasteiger charge is 2.34. The van der Waals surface area contributed by atoms with E-state index in [0.717, 1.165) is 35.1 Å². The Morgan fingerprint density at radius 3 is 2.59 bits per heavy atom. The van der Waals surface area contributed by atoms with Gasteiger partial charge in [0.05, 0.1) is 29.6 Å². The van der Waals surface area contributed by atoms with E-state index in [-0.39, 0.29) is 17.8 Å². The number of hydrogen-bond donors (Lipinski definition) is 0. The van der Waals surface area contributed by atoms with Gasteiger partial charge in [-0.1, -0.05) is 18.2 Å². The van der Waals surface area contributed by atoms with Gasteiger partial charge in [-0.05, 0) is 61.4 Å². The Labute approximate surface area is 167 Å². The number of pyridine rings is 1. The van der Waals surface area contributed by atoms with Crippen molar-refractivity contribution in [3.63, 3.8) is 0 Å². The maximum absolute atomic E-state index is 13.6. The fraction of sp³-hybridized carbons (Fsp3) is 0.167. The number of fused-ring (bicyclic) bond motifs is 1. The number of carbonyl (C=O) groups is 1. The van der Waals surface area contributed by atoms with Gasteiger partial charge in [-0.15, -0.1) is 0 Å². The molecule has 144 valence electrons.